The number of pyridine rings is 1. The predicted molar refractivity (Wildman–Crippen MR) is 190 cm³/mol. The lowest BCUT2D eigenvalue weighted by molar-refractivity contribution is -0.0452. The highest BCUT2D eigenvalue weighted by Gasteiger charge is 2.48. The fourth-order valence-corrected chi connectivity index (χ4v) is 8.53. The Hall–Kier alpha value is -3.40. The van der Waals surface area contributed by atoms with Gasteiger partial charge in [-0.2, -0.15) is 0 Å². The van der Waals surface area contributed by atoms with E-state index in [2.05, 4.69) is 33.7 Å². The van der Waals surface area contributed by atoms with Crippen LogP contribution in [0.1, 0.15) is 80.1 Å². The number of nitrogens with one attached hydrogen (secondary N) is 1. The van der Waals surface area contributed by atoms with Crippen LogP contribution < -0.4 is 14.4 Å². The van der Waals surface area contributed by atoms with Crippen molar-refractivity contribution in [1.29, 1.82) is 0 Å². The van der Waals surface area contributed by atoms with E-state index in [0.717, 1.165) is 54.9 Å². The molecule has 10 heteroatoms. The first-order valence-corrected chi connectivity index (χ1v) is 19.0. The van der Waals surface area contributed by atoms with Crippen molar-refractivity contribution in [1.82, 2.24) is 9.71 Å². The molecule has 0 unspecified atom stereocenters. The number of carbonyl (C=O) groups excluding carboxylic acids is 1. The van der Waals surface area contributed by atoms with Crippen LogP contribution in [0.3, 0.4) is 0 Å². The lowest BCUT2D eigenvalue weighted by atomic mass is 9.63. The third-order valence-electron chi connectivity index (χ3n) is 10.5. The molecular formula is C38H46ClN3O5S. The van der Waals surface area contributed by atoms with Gasteiger partial charge in [0.25, 0.3) is 5.91 Å². The molecule has 1 saturated carbocycles. The van der Waals surface area contributed by atoms with Crippen molar-refractivity contribution in [3.63, 3.8) is 0 Å². The summed E-state index contributed by atoms with van der Waals surface area (Å²) >= 11 is 6.44. The van der Waals surface area contributed by atoms with Crippen LogP contribution in [0.2, 0.25) is 5.02 Å². The van der Waals surface area contributed by atoms with Crippen molar-refractivity contribution < 1.29 is 23.1 Å². The Labute approximate surface area is 289 Å². The highest BCUT2D eigenvalue weighted by Crippen LogP contribution is 2.48. The third-order valence-corrected chi connectivity index (χ3v) is 12.4. The number of carbonyl (C=O) groups is 1. The summed E-state index contributed by atoms with van der Waals surface area (Å²) in [5.74, 6) is 0.155. The van der Waals surface area contributed by atoms with Gasteiger partial charge >= 0.3 is 0 Å². The van der Waals surface area contributed by atoms with E-state index in [-0.39, 0.29) is 22.8 Å². The number of amides is 1. The maximum Gasteiger partial charge on any atom is 0.264 e. The minimum absolute atomic E-state index is 0.00555. The average molecular weight is 692 g/mol. The fourth-order valence-electron chi connectivity index (χ4n) is 7.72. The Morgan fingerprint density at radius 1 is 1.21 bits per heavy atom. The molecule has 1 spiro atoms. The summed E-state index contributed by atoms with van der Waals surface area (Å²) in [6.07, 6.45) is 11.8. The SMILES string of the molecule is CC/C=C/[C@@](O)(Cc1ccccn1)[C@@H]1CC[C@H]1CN1C[C@@]2(CCCc3cc(Cl)ccc32)COc2ccc(C(=O)NS(=O)(=O)C(C)C)cc21. The van der Waals surface area contributed by atoms with E-state index in [9.17, 15) is 18.3 Å². The second-order valence-corrected chi connectivity index (χ2v) is 16.7. The number of hydrogen-bond donors (Lipinski definition) is 2. The molecule has 1 aliphatic heterocycles. The molecule has 1 fully saturated rings. The minimum Gasteiger partial charge on any atom is -0.490 e. The Balaban J connectivity index is 1.37. The maximum atomic E-state index is 13.3. The number of rotatable bonds is 10. The van der Waals surface area contributed by atoms with Crippen LogP contribution >= 0.6 is 11.6 Å². The van der Waals surface area contributed by atoms with Crippen LogP contribution in [0, 0.1) is 11.8 Å². The molecule has 0 saturated heterocycles. The lowest BCUT2D eigenvalue weighted by Gasteiger charge is -2.49. The van der Waals surface area contributed by atoms with Crippen molar-refractivity contribution in [3.05, 3.63) is 100 Å². The molecule has 0 radical (unpaired) electrons. The number of aromatic nitrogens is 1. The molecule has 4 atom stereocenters. The van der Waals surface area contributed by atoms with Gasteiger partial charge in [-0.25, -0.2) is 13.1 Å². The summed E-state index contributed by atoms with van der Waals surface area (Å²) in [6, 6.07) is 17.1. The second kappa shape index (κ2) is 13.8. The van der Waals surface area contributed by atoms with Gasteiger partial charge in [-0.05, 0) is 118 Å². The monoisotopic (exact) mass is 691 g/mol. The average Bonchev–Trinajstić information content (AvgIpc) is 3.19. The molecule has 8 nitrogen and oxygen atoms in total. The van der Waals surface area contributed by atoms with E-state index in [4.69, 9.17) is 16.3 Å². The molecule has 2 heterocycles. The summed E-state index contributed by atoms with van der Waals surface area (Å²) in [7, 11) is -3.81. The van der Waals surface area contributed by atoms with Crippen molar-refractivity contribution in [2.45, 2.75) is 82.0 Å². The van der Waals surface area contributed by atoms with Crippen LogP contribution in [0.15, 0.2) is 72.9 Å². The summed E-state index contributed by atoms with van der Waals surface area (Å²) in [4.78, 5) is 20.1. The standard InChI is InChI=1S/C38H46ClN3O5S/c1-4-5-18-38(44,22-31-10-6-7-19-40-31)33-14-11-29(33)23-42-24-37(17-8-9-27-20-30(39)13-15-32(27)37)25-47-35-16-12-28(21-34(35)42)36(43)41-48(45,46)26(2)3/h5-7,10,12-13,15-16,18-21,26,29,33,44H,4,8-9,11,14,17,22-25H2,1-3H3,(H,41,43)/b18-5+/t29-,33+,37-,38+/m0/s1. The van der Waals surface area contributed by atoms with Gasteiger partial charge in [-0.1, -0.05) is 42.8 Å². The Kier molecular flexibility index (Phi) is 9.94. The number of ether oxygens (including phenoxy) is 1. The summed E-state index contributed by atoms with van der Waals surface area (Å²) in [5.41, 5.74) is 2.96. The highest BCUT2D eigenvalue weighted by molar-refractivity contribution is 7.90. The quantitative estimate of drug-likeness (QED) is 0.230. The number of allylic oxidation sites excluding steroid dienone is 1. The van der Waals surface area contributed by atoms with Crippen molar-refractivity contribution in [2.75, 3.05) is 24.6 Å². The molecule has 2 aliphatic carbocycles. The third kappa shape index (κ3) is 7.00. The largest absolute Gasteiger partial charge is 0.490 e. The fraction of sp³-hybridized carbons (Fsp3) is 0.474. The van der Waals surface area contributed by atoms with Crippen LogP contribution in [-0.2, 0) is 28.3 Å². The molecule has 2 N–H and O–H groups in total. The number of nitrogens with zero attached hydrogens (tertiary/aromatic N) is 2. The number of aliphatic hydroxyl groups is 1. The number of halogens is 1. The van der Waals surface area contributed by atoms with Crippen LogP contribution in [0.4, 0.5) is 5.69 Å². The number of sulfonamides is 1. The smallest absolute Gasteiger partial charge is 0.264 e. The number of benzene rings is 2. The Morgan fingerprint density at radius 2 is 2.04 bits per heavy atom. The number of anilines is 1. The van der Waals surface area contributed by atoms with E-state index < -0.39 is 26.8 Å². The van der Waals surface area contributed by atoms with Gasteiger partial charge in [0.1, 0.15) is 5.75 Å². The predicted octanol–water partition coefficient (Wildman–Crippen LogP) is 6.64. The maximum absolute atomic E-state index is 13.3. The van der Waals surface area contributed by atoms with Crippen LogP contribution in [-0.4, -0.2) is 55.0 Å². The molecule has 6 rings (SSSR count). The van der Waals surface area contributed by atoms with Crippen molar-refractivity contribution in [3.8, 4) is 5.75 Å². The zero-order valence-corrected chi connectivity index (χ0v) is 29.6. The van der Waals surface area contributed by atoms with E-state index in [1.807, 2.05) is 36.4 Å². The van der Waals surface area contributed by atoms with E-state index in [1.54, 1.807) is 24.4 Å². The number of aryl methyl sites for hydroxylation is 1. The molecule has 256 valence electrons. The Bertz CT molecular complexity index is 1780. The number of fused-ring (bicyclic) bond motifs is 3. The van der Waals surface area contributed by atoms with Crippen molar-refractivity contribution >= 4 is 33.2 Å². The van der Waals surface area contributed by atoms with Gasteiger partial charge in [0.2, 0.25) is 10.0 Å². The first-order chi connectivity index (χ1) is 22.9. The Morgan fingerprint density at radius 3 is 2.75 bits per heavy atom. The molecule has 3 aromatic rings. The van der Waals surface area contributed by atoms with Gasteiger partial charge in [0.15, 0.2) is 0 Å². The lowest BCUT2D eigenvalue weighted by Crippen LogP contribution is -2.53. The molecule has 0 bridgehead atoms. The topological polar surface area (TPSA) is 109 Å². The van der Waals surface area contributed by atoms with Gasteiger partial charge < -0.3 is 14.7 Å². The van der Waals surface area contributed by atoms with E-state index in [0.29, 0.717) is 31.9 Å². The summed E-state index contributed by atoms with van der Waals surface area (Å²) in [6.45, 7) is 6.91. The molecule has 3 aliphatic rings. The van der Waals surface area contributed by atoms with Gasteiger partial charge in [0, 0.05) is 47.4 Å². The summed E-state index contributed by atoms with van der Waals surface area (Å²) in [5, 5.41) is 12.2. The van der Waals surface area contributed by atoms with Crippen LogP contribution in [0.5, 0.6) is 5.75 Å². The summed E-state index contributed by atoms with van der Waals surface area (Å²) < 4.78 is 34.0. The molecule has 48 heavy (non-hydrogen) atoms. The van der Waals surface area contributed by atoms with Crippen molar-refractivity contribution in [2.24, 2.45) is 11.8 Å². The van der Waals surface area contributed by atoms with Gasteiger partial charge in [-0.15, -0.1) is 0 Å². The minimum atomic E-state index is -3.81. The molecule has 1 amide bonds. The number of hydrogen-bond acceptors (Lipinski definition) is 7. The van der Waals surface area contributed by atoms with Gasteiger partial charge in [0.05, 0.1) is 23.1 Å². The van der Waals surface area contributed by atoms with Crippen LogP contribution in [0.25, 0.3) is 0 Å². The first-order valence-electron chi connectivity index (χ1n) is 17.1. The zero-order valence-electron chi connectivity index (χ0n) is 28.0. The van der Waals surface area contributed by atoms with Gasteiger partial charge in [-0.3, -0.25) is 9.78 Å². The molecule has 2 aromatic carbocycles. The van der Waals surface area contributed by atoms with E-state index in [1.165, 1.54) is 25.0 Å². The molecule has 1 aromatic heterocycles. The zero-order chi connectivity index (χ0) is 34.1. The van der Waals surface area contributed by atoms with E-state index >= 15 is 0 Å². The highest BCUT2D eigenvalue weighted by atomic mass is 35.5. The first kappa shape index (κ1) is 34.5. The normalized spacial score (nSPS) is 23.5. The molecular weight excluding hydrogens is 646 g/mol. The second-order valence-electron chi connectivity index (χ2n) is 14.1.